The Morgan fingerprint density at radius 2 is 1.57 bits per heavy atom. The number of amides is 5. The number of hydrogen-bond acceptors (Lipinski definition) is 7. The molecule has 12 heteroatoms. The Kier molecular flexibility index (Phi) is 13.1. The smallest absolute Gasteiger partial charge is 0.308 e. The first kappa shape index (κ1) is 36.5. The number of benzene rings is 1. The fourth-order valence-corrected chi connectivity index (χ4v) is 6.33. The Morgan fingerprint density at radius 3 is 2.17 bits per heavy atom. The van der Waals surface area contributed by atoms with E-state index in [0.29, 0.717) is 25.8 Å². The number of esters is 1. The summed E-state index contributed by atoms with van der Waals surface area (Å²) in [6.45, 7) is 9.51. The van der Waals surface area contributed by atoms with Crippen LogP contribution in [-0.4, -0.2) is 108 Å². The SMILES string of the molecule is CCC1C(=O)NCCC(=O)OC(CC(C)C)C(=O)N2CCCC2C(=O)NC(Cc2ccccc2)C(=O)N(C)C(C(C)C)C(=O)N1C. The van der Waals surface area contributed by atoms with E-state index in [-0.39, 0.29) is 37.6 Å². The molecule has 2 aliphatic rings. The molecular weight excluding hydrogens is 590 g/mol. The first-order valence-corrected chi connectivity index (χ1v) is 16.4. The number of carbonyl (C=O) groups is 6. The van der Waals surface area contributed by atoms with Gasteiger partial charge in [0.05, 0.1) is 6.42 Å². The van der Waals surface area contributed by atoms with Gasteiger partial charge >= 0.3 is 5.97 Å². The van der Waals surface area contributed by atoms with Crippen molar-refractivity contribution in [3.8, 4) is 0 Å². The molecule has 2 fully saturated rings. The van der Waals surface area contributed by atoms with Crippen LogP contribution >= 0.6 is 0 Å². The molecule has 0 spiro atoms. The van der Waals surface area contributed by atoms with Gasteiger partial charge in [0.1, 0.15) is 24.2 Å². The summed E-state index contributed by atoms with van der Waals surface area (Å²) in [6, 6.07) is 5.59. The Bertz CT molecular complexity index is 1250. The van der Waals surface area contributed by atoms with E-state index in [1.165, 1.54) is 28.8 Å². The van der Waals surface area contributed by atoms with Crippen molar-refractivity contribution in [2.75, 3.05) is 27.2 Å². The molecule has 1 aromatic rings. The number of ether oxygens (including phenoxy) is 1. The highest BCUT2D eigenvalue weighted by molar-refractivity contribution is 5.96. The molecule has 0 bridgehead atoms. The number of rotatable bonds is 6. The summed E-state index contributed by atoms with van der Waals surface area (Å²) in [6.07, 6.45) is 0.441. The van der Waals surface area contributed by atoms with Crippen LogP contribution in [0, 0.1) is 11.8 Å². The fourth-order valence-electron chi connectivity index (χ4n) is 6.33. The first-order valence-electron chi connectivity index (χ1n) is 16.4. The van der Waals surface area contributed by atoms with E-state index >= 15 is 0 Å². The van der Waals surface area contributed by atoms with Gasteiger partial charge in [0.15, 0.2) is 6.10 Å². The lowest BCUT2D eigenvalue weighted by Crippen LogP contribution is -2.60. The second-order valence-corrected chi connectivity index (χ2v) is 13.1. The van der Waals surface area contributed by atoms with Gasteiger partial charge in [-0.3, -0.25) is 28.8 Å². The lowest BCUT2D eigenvalue weighted by Gasteiger charge is -2.37. The summed E-state index contributed by atoms with van der Waals surface area (Å²) in [5, 5.41) is 5.63. The number of carbonyl (C=O) groups excluding carboxylic acids is 6. The Hall–Kier alpha value is -3.96. The summed E-state index contributed by atoms with van der Waals surface area (Å²) in [5.74, 6) is -3.20. The van der Waals surface area contributed by atoms with Crippen LogP contribution in [0.2, 0.25) is 0 Å². The summed E-state index contributed by atoms with van der Waals surface area (Å²) in [4.78, 5) is 86.0. The van der Waals surface area contributed by atoms with Crippen molar-refractivity contribution in [3.05, 3.63) is 35.9 Å². The molecule has 2 heterocycles. The van der Waals surface area contributed by atoms with Gasteiger partial charge < -0.3 is 30.1 Å². The maximum Gasteiger partial charge on any atom is 0.308 e. The van der Waals surface area contributed by atoms with Crippen molar-refractivity contribution >= 4 is 35.5 Å². The maximum atomic E-state index is 14.2. The molecule has 3 rings (SSSR count). The van der Waals surface area contributed by atoms with Gasteiger partial charge in [0, 0.05) is 33.6 Å². The molecule has 46 heavy (non-hydrogen) atoms. The van der Waals surface area contributed by atoms with Crippen LogP contribution in [-0.2, 0) is 39.9 Å². The molecule has 5 unspecified atom stereocenters. The highest BCUT2D eigenvalue weighted by Gasteiger charge is 2.42. The molecule has 0 aliphatic carbocycles. The minimum Gasteiger partial charge on any atom is -0.452 e. The van der Waals surface area contributed by atoms with Crippen LogP contribution in [0.25, 0.3) is 0 Å². The second kappa shape index (κ2) is 16.6. The molecule has 5 amide bonds. The van der Waals surface area contributed by atoms with Crippen LogP contribution in [0.5, 0.6) is 0 Å². The molecule has 5 atom stereocenters. The standard InChI is InChI=1S/C34H51N5O7/c1-8-25-30(41)35-17-16-28(40)46-27(19-21(2)3)33(44)39-18-12-15-26(39)31(42)36-24(20-23-13-10-9-11-14-23)32(43)38(7)29(22(4)5)34(45)37(25)6/h9-11,13-14,21-22,24-27,29H,8,12,15-20H2,1-7H3,(H,35,41)(H,36,42). The maximum absolute atomic E-state index is 14.2. The Morgan fingerprint density at radius 1 is 0.891 bits per heavy atom. The van der Waals surface area contributed by atoms with Crippen LogP contribution in [0.15, 0.2) is 30.3 Å². The molecule has 2 N–H and O–H groups in total. The molecule has 1 aromatic carbocycles. The number of nitrogens with one attached hydrogen (secondary N) is 2. The van der Waals surface area contributed by atoms with Gasteiger partial charge in [-0.2, -0.15) is 0 Å². The monoisotopic (exact) mass is 641 g/mol. The first-order chi connectivity index (χ1) is 21.8. The van der Waals surface area contributed by atoms with Crippen molar-refractivity contribution in [2.24, 2.45) is 11.8 Å². The molecule has 254 valence electrons. The van der Waals surface area contributed by atoms with E-state index in [1.54, 1.807) is 6.92 Å². The number of cyclic esters (lactones) is 1. The zero-order valence-corrected chi connectivity index (χ0v) is 28.3. The van der Waals surface area contributed by atoms with E-state index in [4.69, 9.17) is 4.74 Å². The minimum atomic E-state index is -1.09. The average Bonchev–Trinajstić information content (AvgIpc) is 3.50. The van der Waals surface area contributed by atoms with E-state index in [9.17, 15) is 28.8 Å². The number of likely N-dealkylation sites (N-methyl/N-ethyl adjacent to an activating group) is 2. The normalized spacial score (nSPS) is 26.4. The summed E-state index contributed by atoms with van der Waals surface area (Å²) in [5.41, 5.74) is 0.809. The summed E-state index contributed by atoms with van der Waals surface area (Å²) >= 11 is 0. The Labute approximate surface area is 272 Å². The Balaban J connectivity index is 2.05. The van der Waals surface area contributed by atoms with E-state index in [1.807, 2.05) is 58.0 Å². The predicted molar refractivity (Wildman–Crippen MR) is 172 cm³/mol. The van der Waals surface area contributed by atoms with Gasteiger partial charge in [-0.25, -0.2) is 0 Å². The topological polar surface area (TPSA) is 145 Å². The van der Waals surface area contributed by atoms with Gasteiger partial charge in [-0.05, 0) is 43.1 Å². The zero-order chi connectivity index (χ0) is 34.1. The van der Waals surface area contributed by atoms with E-state index in [0.717, 1.165) is 5.56 Å². The highest BCUT2D eigenvalue weighted by atomic mass is 16.5. The molecule has 0 saturated carbocycles. The molecule has 0 aromatic heterocycles. The second-order valence-electron chi connectivity index (χ2n) is 13.1. The van der Waals surface area contributed by atoms with Crippen molar-refractivity contribution in [2.45, 2.75) is 103 Å². The van der Waals surface area contributed by atoms with Crippen molar-refractivity contribution in [1.82, 2.24) is 25.3 Å². The number of nitrogens with zero attached hydrogens (tertiary/aromatic N) is 3. The molecular formula is C34H51N5O7. The number of hydrogen-bond donors (Lipinski definition) is 2. The summed E-state index contributed by atoms with van der Waals surface area (Å²) in [7, 11) is 3.07. The molecule has 2 saturated heterocycles. The number of fused-ring (bicyclic) bond motifs is 1. The molecule has 12 nitrogen and oxygen atoms in total. The zero-order valence-electron chi connectivity index (χ0n) is 28.3. The highest BCUT2D eigenvalue weighted by Crippen LogP contribution is 2.23. The molecule has 2 aliphatic heterocycles. The van der Waals surface area contributed by atoms with E-state index < -0.39 is 65.8 Å². The van der Waals surface area contributed by atoms with Crippen molar-refractivity contribution in [1.29, 1.82) is 0 Å². The fraction of sp³-hybridized carbons (Fsp3) is 0.647. The van der Waals surface area contributed by atoms with Crippen LogP contribution < -0.4 is 10.6 Å². The van der Waals surface area contributed by atoms with Gasteiger partial charge in [0.25, 0.3) is 5.91 Å². The van der Waals surface area contributed by atoms with Crippen molar-refractivity contribution in [3.63, 3.8) is 0 Å². The third-order valence-corrected chi connectivity index (χ3v) is 8.75. The van der Waals surface area contributed by atoms with Crippen molar-refractivity contribution < 1.29 is 33.5 Å². The largest absolute Gasteiger partial charge is 0.452 e. The predicted octanol–water partition coefficient (Wildman–Crippen LogP) is 1.90. The average molecular weight is 642 g/mol. The lowest BCUT2D eigenvalue weighted by molar-refractivity contribution is -0.162. The molecule has 0 radical (unpaired) electrons. The van der Waals surface area contributed by atoms with Gasteiger partial charge in [-0.15, -0.1) is 0 Å². The lowest BCUT2D eigenvalue weighted by atomic mass is 9.97. The summed E-state index contributed by atoms with van der Waals surface area (Å²) < 4.78 is 5.64. The third kappa shape index (κ3) is 9.07. The van der Waals surface area contributed by atoms with Crippen LogP contribution in [0.1, 0.15) is 72.3 Å². The quantitative estimate of drug-likeness (QED) is 0.452. The van der Waals surface area contributed by atoms with Crippen LogP contribution in [0.4, 0.5) is 0 Å². The minimum absolute atomic E-state index is 0.0219. The van der Waals surface area contributed by atoms with Gasteiger partial charge in [-0.1, -0.05) is 65.0 Å². The third-order valence-electron chi connectivity index (χ3n) is 8.75. The van der Waals surface area contributed by atoms with E-state index in [2.05, 4.69) is 10.6 Å². The van der Waals surface area contributed by atoms with Crippen LogP contribution in [0.3, 0.4) is 0 Å². The van der Waals surface area contributed by atoms with Gasteiger partial charge in [0.2, 0.25) is 23.6 Å².